The van der Waals surface area contributed by atoms with E-state index >= 15 is 0 Å². The Morgan fingerprint density at radius 3 is 2.53 bits per heavy atom. The number of amides is 1. The average molecular weight is 412 g/mol. The van der Waals surface area contributed by atoms with E-state index < -0.39 is 18.5 Å². The van der Waals surface area contributed by atoms with Crippen molar-refractivity contribution in [1.29, 1.82) is 0 Å². The quantitative estimate of drug-likeness (QED) is 0.730. The first-order valence-electron chi connectivity index (χ1n) is 9.93. The third kappa shape index (κ3) is 4.42. The first-order chi connectivity index (χ1) is 14.6. The highest BCUT2D eigenvalue weighted by molar-refractivity contribution is 5.96. The van der Waals surface area contributed by atoms with Crippen LogP contribution in [0.15, 0.2) is 36.4 Å². The number of nitrogens with one attached hydrogen (secondary N) is 1. The molecule has 8 heteroatoms. The lowest BCUT2D eigenvalue weighted by molar-refractivity contribution is -0.119. The number of fused-ring (bicyclic) bond motifs is 1. The van der Waals surface area contributed by atoms with E-state index in [0.29, 0.717) is 36.1 Å². The third-order valence-corrected chi connectivity index (χ3v) is 5.02. The molecule has 1 N–H and O–H groups in total. The molecule has 2 aliphatic heterocycles. The molecule has 2 heterocycles. The summed E-state index contributed by atoms with van der Waals surface area (Å²) in [5, 5.41) is 2.73. The van der Waals surface area contributed by atoms with Crippen molar-refractivity contribution >= 4 is 23.3 Å². The minimum absolute atomic E-state index is 0.221. The molecule has 8 nitrogen and oxygen atoms in total. The molecule has 0 saturated carbocycles. The van der Waals surface area contributed by atoms with Gasteiger partial charge in [-0.3, -0.25) is 4.79 Å². The van der Waals surface area contributed by atoms with E-state index in [-0.39, 0.29) is 5.56 Å². The Kier molecular flexibility index (Phi) is 5.92. The number of benzene rings is 2. The van der Waals surface area contributed by atoms with Crippen LogP contribution in [-0.4, -0.2) is 51.9 Å². The van der Waals surface area contributed by atoms with Crippen molar-refractivity contribution in [1.82, 2.24) is 0 Å². The lowest BCUT2D eigenvalue weighted by Gasteiger charge is -2.21. The van der Waals surface area contributed by atoms with E-state index in [2.05, 4.69) is 10.2 Å². The van der Waals surface area contributed by atoms with Gasteiger partial charge in [0.1, 0.15) is 13.2 Å². The standard InChI is InChI=1S/C22H24N2O6/c1-27-18-12-15(13-19-21(18)29-11-10-28-19)22(26)30-14-20(25)23-16-4-6-17(7-5-16)24-8-2-3-9-24/h4-7,12-13H,2-3,8-11,14H2,1H3,(H,23,25). The van der Waals surface area contributed by atoms with Crippen LogP contribution in [0.3, 0.4) is 0 Å². The molecular formula is C22H24N2O6. The van der Waals surface area contributed by atoms with Gasteiger partial charge in [-0.2, -0.15) is 0 Å². The Morgan fingerprint density at radius 2 is 1.80 bits per heavy atom. The summed E-state index contributed by atoms with van der Waals surface area (Å²) >= 11 is 0. The van der Waals surface area contributed by atoms with Gasteiger partial charge in [0.2, 0.25) is 5.75 Å². The summed E-state index contributed by atoms with van der Waals surface area (Å²) in [7, 11) is 1.48. The molecule has 0 atom stereocenters. The van der Waals surface area contributed by atoms with Gasteiger partial charge in [-0.1, -0.05) is 0 Å². The van der Waals surface area contributed by atoms with Crippen LogP contribution in [0.1, 0.15) is 23.2 Å². The van der Waals surface area contributed by atoms with Crippen molar-refractivity contribution in [3.8, 4) is 17.2 Å². The molecular weight excluding hydrogens is 388 g/mol. The molecule has 0 radical (unpaired) electrons. The number of esters is 1. The number of nitrogens with zero attached hydrogens (tertiary/aromatic N) is 1. The van der Waals surface area contributed by atoms with Crippen molar-refractivity contribution in [2.75, 3.05) is 50.2 Å². The van der Waals surface area contributed by atoms with E-state index in [1.54, 1.807) is 0 Å². The zero-order valence-corrected chi connectivity index (χ0v) is 16.8. The van der Waals surface area contributed by atoms with Crippen LogP contribution in [0.5, 0.6) is 17.2 Å². The first kappa shape index (κ1) is 19.9. The van der Waals surface area contributed by atoms with Gasteiger partial charge >= 0.3 is 5.97 Å². The summed E-state index contributed by atoms with van der Waals surface area (Å²) < 4.78 is 21.4. The Hall–Kier alpha value is -3.42. The Labute approximate surface area is 174 Å². The molecule has 4 rings (SSSR count). The molecule has 1 saturated heterocycles. The lowest BCUT2D eigenvalue weighted by Crippen LogP contribution is -2.21. The molecule has 1 amide bonds. The van der Waals surface area contributed by atoms with Gasteiger partial charge in [0.15, 0.2) is 18.1 Å². The number of hydrogen-bond donors (Lipinski definition) is 1. The summed E-state index contributed by atoms with van der Waals surface area (Å²) in [6.07, 6.45) is 2.41. The van der Waals surface area contributed by atoms with Gasteiger partial charge < -0.3 is 29.2 Å². The summed E-state index contributed by atoms with van der Waals surface area (Å²) in [5.74, 6) is 0.179. The minimum atomic E-state index is -0.648. The number of ether oxygens (including phenoxy) is 4. The summed E-state index contributed by atoms with van der Waals surface area (Å²) in [4.78, 5) is 26.9. The van der Waals surface area contributed by atoms with Crippen molar-refractivity contribution in [3.05, 3.63) is 42.0 Å². The minimum Gasteiger partial charge on any atom is -0.493 e. The number of carbonyl (C=O) groups excluding carboxylic acids is 2. The molecule has 0 aromatic heterocycles. The van der Waals surface area contributed by atoms with Gasteiger partial charge in [-0.05, 0) is 49.2 Å². The van der Waals surface area contributed by atoms with Crippen LogP contribution in [0, 0.1) is 0 Å². The zero-order valence-electron chi connectivity index (χ0n) is 16.8. The summed E-state index contributed by atoms with van der Waals surface area (Å²) in [6.45, 7) is 2.52. The van der Waals surface area contributed by atoms with Gasteiger partial charge in [0.05, 0.1) is 12.7 Å². The van der Waals surface area contributed by atoms with E-state index in [9.17, 15) is 9.59 Å². The molecule has 0 bridgehead atoms. The molecule has 158 valence electrons. The fraction of sp³-hybridized carbons (Fsp3) is 0.364. The average Bonchev–Trinajstić information content (AvgIpc) is 3.32. The van der Waals surface area contributed by atoms with Crippen molar-refractivity contribution in [2.24, 2.45) is 0 Å². The second-order valence-corrected chi connectivity index (χ2v) is 7.07. The number of methoxy groups -OCH3 is 1. The second kappa shape index (κ2) is 8.94. The van der Waals surface area contributed by atoms with Gasteiger partial charge in [-0.15, -0.1) is 0 Å². The van der Waals surface area contributed by atoms with E-state index in [4.69, 9.17) is 18.9 Å². The zero-order chi connectivity index (χ0) is 20.9. The fourth-order valence-corrected chi connectivity index (χ4v) is 3.53. The molecule has 2 aromatic carbocycles. The maximum atomic E-state index is 12.4. The smallest absolute Gasteiger partial charge is 0.338 e. The maximum Gasteiger partial charge on any atom is 0.338 e. The van der Waals surface area contributed by atoms with Crippen molar-refractivity contribution < 1.29 is 28.5 Å². The van der Waals surface area contributed by atoms with Crippen LogP contribution in [0.2, 0.25) is 0 Å². The van der Waals surface area contributed by atoms with Gasteiger partial charge in [0, 0.05) is 24.5 Å². The molecule has 2 aliphatic rings. The van der Waals surface area contributed by atoms with Crippen LogP contribution in [0.4, 0.5) is 11.4 Å². The van der Waals surface area contributed by atoms with E-state index in [1.165, 1.54) is 32.1 Å². The highest BCUT2D eigenvalue weighted by Crippen LogP contribution is 2.40. The Morgan fingerprint density at radius 1 is 1.07 bits per heavy atom. The normalized spacial score (nSPS) is 14.9. The summed E-state index contributed by atoms with van der Waals surface area (Å²) in [5.41, 5.74) is 2.02. The van der Waals surface area contributed by atoms with Crippen molar-refractivity contribution in [2.45, 2.75) is 12.8 Å². The number of rotatable bonds is 6. The largest absolute Gasteiger partial charge is 0.493 e. The maximum absolute atomic E-state index is 12.4. The number of anilines is 2. The highest BCUT2D eigenvalue weighted by Gasteiger charge is 2.22. The molecule has 0 aliphatic carbocycles. The van der Waals surface area contributed by atoms with Crippen LogP contribution < -0.4 is 24.4 Å². The molecule has 2 aromatic rings. The van der Waals surface area contributed by atoms with E-state index in [0.717, 1.165) is 18.8 Å². The topological polar surface area (TPSA) is 86.3 Å². The Balaban J connectivity index is 1.33. The van der Waals surface area contributed by atoms with Crippen LogP contribution >= 0.6 is 0 Å². The molecule has 30 heavy (non-hydrogen) atoms. The van der Waals surface area contributed by atoms with Crippen molar-refractivity contribution in [3.63, 3.8) is 0 Å². The monoisotopic (exact) mass is 412 g/mol. The Bertz CT molecular complexity index is 905. The van der Waals surface area contributed by atoms with Crippen LogP contribution in [0.25, 0.3) is 0 Å². The van der Waals surface area contributed by atoms with Gasteiger partial charge in [0.25, 0.3) is 5.91 Å². The molecule has 0 spiro atoms. The SMILES string of the molecule is COc1cc(C(=O)OCC(=O)Nc2ccc(N3CCCC3)cc2)cc2c1OCCO2. The first-order valence-corrected chi connectivity index (χ1v) is 9.93. The summed E-state index contributed by atoms with van der Waals surface area (Å²) in [6, 6.07) is 10.7. The number of carbonyl (C=O) groups is 2. The molecule has 1 fully saturated rings. The highest BCUT2D eigenvalue weighted by atomic mass is 16.6. The van der Waals surface area contributed by atoms with Crippen LogP contribution in [-0.2, 0) is 9.53 Å². The predicted molar refractivity (Wildman–Crippen MR) is 111 cm³/mol. The second-order valence-electron chi connectivity index (χ2n) is 7.07. The fourth-order valence-electron chi connectivity index (χ4n) is 3.53. The molecule has 0 unspecified atom stereocenters. The number of hydrogen-bond acceptors (Lipinski definition) is 7. The van der Waals surface area contributed by atoms with E-state index in [1.807, 2.05) is 24.3 Å². The predicted octanol–water partition coefficient (Wildman–Crippen LogP) is 2.86. The lowest BCUT2D eigenvalue weighted by atomic mass is 10.1. The van der Waals surface area contributed by atoms with Gasteiger partial charge in [-0.25, -0.2) is 4.79 Å². The third-order valence-electron chi connectivity index (χ3n) is 5.02.